The van der Waals surface area contributed by atoms with E-state index in [1.807, 2.05) is 0 Å². The van der Waals surface area contributed by atoms with Gasteiger partial charge in [0.15, 0.2) is 0 Å². The summed E-state index contributed by atoms with van der Waals surface area (Å²) < 4.78 is 13.8. The number of likely N-dealkylation sites (tertiary alicyclic amines) is 1. The smallest absolute Gasteiger partial charge is 0.223 e. The number of carbonyl (C=O) groups excluding carboxylic acids is 1. The number of rotatable bonds is 4. The van der Waals surface area contributed by atoms with Crippen molar-refractivity contribution in [2.75, 3.05) is 13.1 Å². The first-order valence-corrected chi connectivity index (χ1v) is 8.47. The van der Waals surface area contributed by atoms with Crippen LogP contribution in [0.25, 0.3) is 0 Å². The highest BCUT2D eigenvalue weighted by atomic mass is 35.5. The number of benzene rings is 1. The standard InChI is InChI=1S/C17H22ClFN2O/c18-15-5-2-6-16(19)14(15)11-21-9-7-13(8-10-21)20-17(22)12-3-1-4-12/h2,5-6,12-13H,1,3-4,7-11H2,(H,20,22). The van der Waals surface area contributed by atoms with Gasteiger partial charge in [0.05, 0.1) is 0 Å². The van der Waals surface area contributed by atoms with E-state index in [0.29, 0.717) is 17.1 Å². The highest BCUT2D eigenvalue weighted by molar-refractivity contribution is 6.31. The van der Waals surface area contributed by atoms with E-state index in [1.165, 1.54) is 12.5 Å². The van der Waals surface area contributed by atoms with Gasteiger partial charge in [-0.15, -0.1) is 0 Å². The lowest BCUT2D eigenvalue weighted by molar-refractivity contribution is -0.128. The molecule has 1 saturated heterocycles. The number of hydrogen-bond acceptors (Lipinski definition) is 2. The molecule has 5 heteroatoms. The van der Waals surface area contributed by atoms with Crippen molar-refractivity contribution >= 4 is 17.5 Å². The highest BCUT2D eigenvalue weighted by Crippen LogP contribution is 2.27. The van der Waals surface area contributed by atoms with Gasteiger partial charge in [0, 0.05) is 42.2 Å². The Labute approximate surface area is 135 Å². The third-order valence-electron chi connectivity index (χ3n) is 4.85. The van der Waals surface area contributed by atoms with Gasteiger partial charge < -0.3 is 5.32 Å². The monoisotopic (exact) mass is 324 g/mol. The number of halogens is 2. The van der Waals surface area contributed by atoms with Gasteiger partial charge in [-0.1, -0.05) is 24.1 Å². The zero-order chi connectivity index (χ0) is 15.5. The van der Waals surface area contributed by atoms with Crippen molar-refractivity contribution in [3.8, 4) is 0 Å². The van der Waals surface area contributed by atoms with Crippen LogP contribution in [-0.2, 0) is 11.3 Å². The fourth-order valence-electron chi connectivity index (χ4n) is 3.13. The molecule has 1 aliphatic heterocycles. The molecule has 1 aromatic rings. The van der Waals surface area contributed by atoms with Crippen LogP contribution in [0.3, 0.4) is 0 Å². The molecule has 1 amide bonds. The summed E-state index contributed by atoms with van der Waals surface area (Å²) in [6, 6.07) is 5.07. The number of piperidine rings is 1. The molecule has 0 spiro atoms. The van der Waals surface area contributed by atoms with E-state index in [1.54, 1.807) is 12.1 Å². The van der Waals surface area contributed by atoms with Crippen molar-refractivity contribution in [3.63, 3.8) is 0 Å². The van der Waals surface area contributed by atoms with Crippen LogP contribution in [0.2, 0.25) is 5.02 Å². The lowest BCUT2D eigenvalue weighted by Crippen LogP contribution is -2.47. The summed E-state index contributed by atoms with van der Waals surface area (Å²) in [5, 5.41) is 3.65. The molecule has 0 atom stereocenters. The first kappa shape index (κ1) is 15.8. The van der Waals surface area contributed by atoms with Crippen molar-refractivity contribution in [2.24, 2.45) is 5.92 Å². The first-order valence-electron chi connectivity index (χ1n) is 8.09. The van der Waals surface area contributed by atoms with Crippen molar-refractivity contribution in [2.45, 2.75) is 44.7 Å². The van der Waals surface area contributed by atoms with Gasteiger partial charge in [-0.3, -0.25) is 9.69 Å². The Bertz CT molecular complexity index is 519. The van der Waals surface area contributed by atoms with Crippen LogP contribution >= 0.6 is 11.6 Å². The van der Waals surface area contributed by atoms with E-state index in [0.717, 1.165) is 38.8 Å². The van der Waals surface area contributed by atoms with E-state index >= 15 is 0 Å². The molecule has 3 nitrogen and oxygen atoms in total. The Hall–Kier alpha value is -1.13. The minimum absolute atomic E-state index is 0.224. The molecule has 120 valence electrons. The Morgan fingerprint density at radius 1 is 1.27 bits per heavy atom. The fourth-order valence-corrected chi connectivity index (χ4v) is 3.35. The predicted octanol–water partition coefficient (Wildman–Crippen LogP) is 3.36. The molecular weight excluding hydrogens is 303 g/mol. The second kappa shape index (κ2) is 6.97. The van der Waals surface area contributed by atoms with E-state index in [4.69, 9.17) is 11.6 Å². The van der Waals surface area contributed by atoms with Crippen LogP contribution in [0, 0.1) is 11.7 Å². The minimum atomic E-state index is -0.243. The van der Waals surface area contributed by atoms with Crippen molar-refractivity contribution in [1.29, 1.82) is 0 Å². The lowest BCUT2D eigenvalue weighted by atomic mass is 9.84. The fraction of sp³-hybridized carbons (Fsp3) is 0.588. The summed E-state index contributed by atoms with van der Waals surface area (Å²) in [7, 11) is 0. The zero-order valence-electron chi connectivity index (χ0n) is 12.7. The molecule has 1 aliphatic carbocycles. The van der Waals surface area contributed by atoms with Gasteiger partial charge in [0.1, 0.15) is 5.82 Å². The second-order valence-corrected chi connectivity index (χ2v) is 6.79. The first-order chi connectivity index (χ1) is 10.6. The van der Waals surface area contributed by atoms with Gasteiger partial charge >= 0.3 is 0 Å². The molecule has 2 aliphatic rings. The number of nitrogens with one attached hydrogen (secondary N) is 1. The average molecular weight is 325 g/mol. The lowest BCUT2D eigenvalue weighted by Gasteiger charge is -2.34. The van der Waals surface area contributed by atoms with Gasteiger partial charge in [-0.25, -0.2) is 4.39 Å². The van der Waals surface area contributed by atoms with E-state index in [9.17, 15) is 9.18 Å². The van der Waals surface area contributed by atoms with Crippen LogP contribution in [0.15, 0.2) is 18.2 Å². The third kappa shape index (κ3) is 3.61. The van der Waals surface area contributed by atoms with Gasteiger partial charge in [-0.05, 0) is 37.8 Å². The molecule has 1 heterocycles. The van der Waals surface area contributed by atoms with E-state index in [-0.39, 0.29) is 23.7 Å². The molecule has 2 fully saturated rings. The van der Waals surface area contributed by atoms with Crippen LogP contribution in [0.1, 0.15) is 37.7 Å². The van der Waals surface area contributed by atoms with Crippen molar-refractivity contribution in [1.82, 2.24) is 10.2 Å². The maximum Gasteiger partial charge on any atom is 0.223 e. The Kier molecular flexibility index (Phi) is 4.99. The molecule has 0 unspecified atom stereocenters. The third-order valence-corrected chi connectivity index (χ3v) is 5.21. The summed E-state index contributed by atoms with van der Waals surface area (Å²) in [4.78, 5) is 14.2. The Balaban J connectivity index is 1.48. The maximum atomic E-state index is 13.8. The average Bonchev–Trinajstić information content (AvgIpc) is 2.43. The largest absolute Gasteiger partial charge is 0.353 e. The topological polar surface area (TPSA) is 32.3 Å². The molecule has 1 aromatic carbocycles. The van der Waals surface area contributed by atoms with E-state index < -0.39 is 0 Å². The Morgan fingerprint density at radius 2 is 2.00 bits per heavy atom. The zero-order valence-corrected chi connectivity index (χ0v) is 13.4. The summed E-state index contributed by atoms with van der Waals surface area (Å²) >= 11 is 6.08. The number of amides is 1. The molecule has 1 N–H and O–H groups in total. The van der Waals surface area contributed by atoms with Crippen molar-refractivity contribution < 1.29 is 9.18 Å². The molecular formula is C17H22ClFN2O. The number of nitrogens with zero attached hydrogens (tertiary/aromatic N) is 1. The quantitative estimate of drug-likeness (QED) is 0.921. The highest BCUT2D eigenvalue weighted by Gasteiger charge is 2.28. The number of carbonyl (C=O) groups is 1. The van der Waals surface area contributed by atoms with Crippen LogP contribution in [0.4, 0.5) is 4.39 Å². The van der Waals surface area contributed by atoms with Gasteiger partial charge in [-0.2, -0.15) is 0 Å². The van der Waals surface area contributed by atoms with Crippen LogP contribution < -0.4 is 5.32 Å². The minimum Gasteiger partial charge on any atom is -0.353 e. The normalized spacial score (nSPS) is 20.6. The van der Waals surface area contributed by atoms with E-state index in [2.05, 4.69) is 10.2 Å². The van der Waals surface area contributed by atoms with Gasteiger partial charge in [0.25, 0.3) is 0 Å². The summed E-state index contributed by atoms with van der Waals surface area (Å²) in [5.41, 5.74) is 0.570. The number of hydrogen-bond donors (Lipinski definition) is 1. The second-order valence-electron chi connectivity index (χ2n) is 6.39. The Morgan fingerprint density at radius 3 is 2.59 bits per heavy atom. The predicted molar refractivity (Wildman–Crippen MR) is 85.2 cm³/mol. The van der Waals surface area contributed by atoms with Crippen molar-refractivity contribution in [3.05, 3.63) is 34.6 Å². The SMILES string of the molecule is O=C(NC1CCN(Cc2c(F)cccc2Cl)CC1)C1CCC1. The molecule has 1 saturated carbocycles. The maximum absolute atomic E-state index is 13.8. The molecule has 0 bridgehead atoms. The van der Waals surface area contributed by atoms with Crippen LogP contribution in [0.5, 0.6) is 0 Å². The summed E-state index contributed by atoms with van der Waals surface area (Å²) in [6.07, 6.45) is 5.10. The molecule has 22 heavy (non-hydrogen) atoms. The molecule has 0 radical (unpaired) electrons. The summed E-state index contributed by atoms with van der Waals surface area (Å²) in [5.74, 6) is 0.227. The van der Waals surface area contributed by atoms with Crippen LogP contribution in [-0.4, -0.2) is 29.9 Å². The summed E-state index contributed by atoms with van der Waals surface area (Å²) in [6.45, 7) is 2.26. The van der Waals surface area contributed by atoms with Gasteiger partial charge in [0.2, 0.25) is 5.91 Å². The molecule has 3 rings (SSSR count). The molecule has 0 aromatic heterocycles.